The van der Waals surface area contributed by atoms with Crippen molar-refractivity contribution < 1.29 is 4.79 Å². The average Bonchev–Trinajstić information content (AvgIpc) is 2.44. The summed E-state index contributed by atoms with van der Waals surface area (Å²) in [6.07, 6.45) is 9.32. The number of hydrogen-bond acceptors (Lipinski definition) is 3. The van der Waals surface area contributed by atoms with Crippen molar-refractivity contribution >= 4 is 6.08 Å². The molecule has 1 atom stereocenters. The lowest BCUT2D eigenvalue weighted by Gasteiger charge is -2.42. The topological polar surface area (TPSA) is 41.5 Å². The maximum Gasteiger partial charge on any atom is 0.234 e. The molecule has 1 aliphatic carbocycles. The van der Waals surface area contributed by atoms with Crippen LogP contribution in [0.2, 0.25) is 0 Å². The maximum atomic E-state index is 9.27. The summed E-state index contributed by atoms with van der Waals surface area (Å²) in [7, 11) is 0. The molecule has 2 aliphatic rings. The largest absolute Gasteiger partial charge is 0.316 e. The number of nitrogens with one attached hydrogen (secondary N) is 1. The van der Waals surface area contributed by atoms with Gasteiger partial charge in [-0.05, 0) is 58.9 Å². The van der Waals surface area contributed by atoms with E-state index in [4.69, 9.17) is 0 Å². The van der Waals surface area contributed by atoms with Crippen molar-refractivity contribution in [3.63, 3.8) is 0 Å². The third-order valence-electron chi connectivity index (χ3n) is 4.51. The normalized spacial score (nSPS) is 26.5. The molecule has 1 spiro atoms. The van der Waals surface area contributed by atoms with Crippen molar-refractivity contribution in [2.75, 3.05) is 19.6 Å². The Kier molecular flexibility index (Phi) is 7.04. The SMILES string of the molecule is CC1=C(C)C2(CCCNC2)CCC1.CCCN=C=O. The number of carbonyl (C=O) groups excluding carboxylic acids is 1. The van der Waals surface area contributed by atoms with Crippen molar-refractivity contribution in [1.29, 1.82) is 0 Å². The van der Waals surface area contributed by atoms with E-state index < -0.39 is 0 Å². The van der Waals surface area contributed by atoms with Crippen LogP contribution in [-0.2, 0) is 4.79 Å². The third-order valence-corrected chi connectivity index (χ3v) is 4.51. The van der Waals surface area contributed by atoms with Gasteiger partial charge in [0, 0.05) is 12.0 Å². The van der Waals surface area contributed by atoms with E-state index in [0.717, 1.165) is 6.42 Å². The first-order valence-corrected chi connectivity index (χ1v) is 7.57. The summed E-state index contributed by atoms with van der Waals surface area (Å²) in [6, 6.07) is 0. The molecule has 1 aliphatic heterocycles. The summed E-state index contributed by atoms with van der Waals surface area (Å²) in [4.78, 5) is 12.6. The zero-order chi connectivity index (χ0) is 14.1. The van der Waals surface area contributed by atoms with Gasteiger partial charge in [0.25, 0.3) is 0 Å². The second-order valence-corrected chi connectivity index (χ2v) is 5.79. The molecule has 1 saturated heterocycles. The number of aliphatic imine (C=N–C) groups is 1. The molecule has 108 valence electrons. The Morgan fingerprint density at radius 2 is 2.05 bits per heavy atom. The van der Waals surface area contributed by atoms with Crippen molar-refractivity contribution in [3.8, 4) is 0 Å². The first-order valence-electron chi connectivity index (χ1n) is 7.57. The number of hydrogen-bond donors (Lipinski definition) is 1. The summed E-state index contributed by atoms with van der Waals surface area (Å²) in [6.45, 7) is 9.72. The summed E-state index contributed by atoms with van der Waals surface area (Å²) >= 11 is 0. The monoisotopic (exact) mass is 264 g/mol. The highest BCUT2D eigenvalue weighted by Crippen LogP contribution is 2.44. The molecule has 0 bridgehead atoms. The molecule has 1 fully saturated rings. The molecule has 0 aromatic rings. The molecule has 3 nitrogen and oxygen atoms in total. The van der Waals surface area contributed by atoms with Crippen LogP contribution >= 0.6 is 0 Å². The second kappa shape index (κ2) is 8.29. The summed E-state index contributed by atoms with van der Waals surface area (Å²) < 4.78 is 0. The van der Waals surface area contributed by atoms with E-state index in [1.165, 1.54) is 51.3 Å². The standard InChI is InChI=1S/C12H21N.C4H7NO/c1-10-5-3-6-12(11(10)2)7-4-8-13-9-12;1-2-3-5-4-6/h13H,3-9H2,1-2H3;2-3H2,1H3. The van der Waals surface area contributed by atoms with Gasteiger partial charge in [0.2, 0.25) is 6.08 Å². The molecule has 2 rings (SSSR count). The van der Waals surface area contributed by atoms with Gasteiger partial charge in [-0.25, -0.2) is 9.79 Å². The van der Waals surface area contributed by atoms with Crippen LogP contribution in [0.3, 0.4) is 0 Å². The third kappa shape index (κ3) is 4.59. The van der Waals surface area contributed by atoms with E-state index in [1.807, 2.05) is 6.92 Å². The molecule has 1 unspecified atom stereocenters. The van der Waals surface area contributed by atoms with Gasteiger partial charge in [-0.15, -0.1) is 0 Å². The summed E-state index contributed by atoms with van der Waals surface area (Å²) in [5, 5.41) is 3.56. The molecule has 1 heterocycles. The number of nitrogens with zero attached hydrogens (tertiary/aromatic N) is 1. The predicted molar refractivity (Wildman–Crippen MR) is 80.0 cm³/mol. The Morgan fingerprint density at radius 1 is 1.32 bits per heavy atom. The molecule has 0 aromatic carbocycles. The van der Waals surface area contributed by atoms with E-state index in [1.54, 1.807) is 11.1 Å². The van der Waals surface area contributed by atoms with Crippen molar-refractivity contribution in [3.05, 3.63) is 11.1 Å². The van der Waals surface area contributed by atoms with Gasteiger partial charge in [0.1, 0.15) is 0 Å². The highest BCUT2D eigenvalue weighted by Gasteiger charge is 2.35. The summed E-state index contributed by atoms with van der Waals surface area (Å²) in [5.41, 5.74) is 3.92. The van der Waals surface area contributed by atoms with Crippen LogP contribution in [0.15, 0.2) is 16.1 Å². The van der Waals surface area contributed by atoms with E-state index in [2.05, 4.69) is 24.2 Å². The number of rotatable bonds is 2. The second-order valence-electron chi connectivity index (χ2n) is 5.79. The van der Waals surface area contributed by atoms with Crippen LogP contribution in [0.4, 0.5) is 0 Å². The summed E-state index contributed by atoms with van der Waals surface area (Å²) in [5.74, 6) is 0. The Balaban J connectivity index is 0.000000258. The molecule has 0 saturated carbocycles. The quantitative estimate of drug-likeness (QED) is 0.470. The highest BCUT2D eigenvalue weighted by atomic mass is 16.1. The first-order chi connectivity index (χ1) is 9.16. The van der Waals surface area contributed by atoms with Gasteiger partial charge < -0.3 is 5.32 Å². The van der Waals surface area contributed by atoms with Gasteiger partial charge in [-0.3, -0.25) is 0 Å². The van der Waals surface area contributed by atoms with Crippen LogP contribution in [0.5, 0.6) is 0 Å². The van der Waals surface area contributed by atoms with Gasteiger partial charge >= 0.3 is 0 Å². The Labute approximate surface area is 117 Å². The van der Waals surface area contributed by atoms with Crippen LogP contribution in [0.25, 0.3) is 0 Å². The van der Waals surface area contributed by atoms with E-state index in [9.17, 15) is 4.79 Å². The van der Waals surface area contributed by atoms with Gasteiger partial charge in [-0.2, -0.15) is 0 Å². The first kappa shape index (κ1) is 16.1. The molecule has 19 heavy (non-hydrogen) atoms. The van der Waals surface area contributed by atoms with Crippen LogP contribution in [0, 0.1) is 5.41 Å². The van der Waals surface area contributed by atoms with Crippen LogP contribution < -0.4 is 5.32 Å². The van der Waals surface area contributed by atoms with Gasteiger partial charge in [0.05, 0.1) is 6.54 Å². The minimum Gasteiger partial charge on any atom is -0.316 e. The lowest BCUT2D eigenvalue weighted by Crippen LogP contribution is -2.42. The Morgan fingerprint density at radius 3 is 2.58 bits per heavy atom. The maximum absolute atomic E-state index is 9.27. The van der Waals surface area contributed by atoms with E-state index >= 15 is 0 Å². The molecule has 0 amide bonds. The highest BCUT2D eigenvalue weighted by molar-refractivity contribution is 5.32. The Bertz CT molecular complexity index is 348. The zero-order valence-electron chi connectivity index (χ0n) is 12.7. The van der Waals surface area contributed by atoms with Crippen molar-refractivity contribution in [2.45, 2.75) is 59.3 Å². The molecule has 3 heteroatoms. The van der Waals surface area contributed by atoms with Crippen LogP contribution in [-0.4, -0.2) is 25.7 Å². The minimum atomic E-state index is 0.556. The van der Waals surface area contributed by atoms with Gasteiger partial charge in [0.15, 0.2) is 0 Å². The van der Waals surface area contributed by atoms with Gasteiger partial charge in [-0.1, -0.05) is 18.1 Å². The lowest BCUT2D eigenvalue weighted by atomic mass is 9.67. The fourth-order valence-corrected chi connectivity index (χ4v) is 3.18. The number of allylic oxidation sites excluding steroid dienone is 1. The van der Waals surface area contributed by atoms with Crippen molar-refractivity contribution in [1.82, 2.24) is 5.32 Å². The minimum absolute atomic E-state index is 0.556. The van der Waals surface area contributed by atoms with Crippen LogP contribution in [0.1, 0.15) is 59.3 Å². The molecule has 0 aromatic heterocycles. The molecule has 1 N–H and O–H groups in total. The predicted octanol–water partition coefficient (Wildman–Crippen LogP) is 3.61. The fourth-order valence-electron chi connectivity index (χ4n) is 3.18. The van der Waals surface area contributed by atoms with E-state index in [0.29, 0.717) is 12.0 Å². The molecular weight excluding hydrogens is 236 g/mol. The number of isocyanates is 1. The Hall–Kier alpha value is -0.920. The fraction of sp³-hybridized carbons (Fsp3) is 0.812. The lowest BCUT2D eigenvalue weighted by molar-refractivity contribution is 0.222. The molecular formula is C16H28N2O. The molecule has 0 radical (unpaired) electrons. The zero-order valence-corrected chi connectivity index (χ0v) is 12.7. The number of piperidine rings is 1. The van der Waals surface area contributed by atoms with E-state index in [-0.39, 0.29) is 0 Å². The smallest absolute Gasteiger partial charge is 0.234 e. The van der Waals surface area contributed by atoms with Crippen molar-refractivity contribution in [2.24, 2.45) is 10.4 Å². The average molecular weight is 264 g/mol.